The number of nitrogens with zero attached hydrogens (tertiary/aromatic N) is 5. The maximum atomic E-state index is 13.6. The fourth-order valence-corrected chi connectivity index (χ4v) is 5.58. The second-order valence-electron chi connectivity index (χ2n) is 9.19. The Morgan fingerprint density at radius 3 is 2.34 bits per heavy atom. The molecular formula is C24H34FN5OS. The van der Waals surface area contributed by atoms with Gasteiger partial charge < -0.3 is 4.90 Å². The summed E-state index contributed by atoms with van der Waals surface area (Å²) in [6.45, 7) is 10.1. The molecule has 0 bridgehead atoms. The van der Waals surface area contributed by atoms with E-state index in [0.29, 0.717) is 11.1 Å². The smallest absolute Gasteiger partial charge is 0.235 e. The lowest BCUT2D eigenvalue weighted by Gasteiger charge is -2.32. The Labute approximate surface area is 194 Å². The predicted molar refractivity (Wildman–Crippen MR) is 125 cm³/mol. The first-order valence-corrected chi connectivity index (χ1v) is 12.7. The van der Waals surface area contributed by atoms with Crippen LogP contribution >= 0.6 is 11.8 Å². The fourth-order valence-electron chi connectivity index (χ4n) is 4.62. The minimum Gasteiger partial charge on any atom is -0.342 e. The van der Waals surface area contributed by atoms with Crippen molar-refractivity contribution in [2.75, 3.05) is 26.2 Å². The Bertz CT molecular complexity index is 904. The first-order valence-electron chi connectivity index (χ1n) is 11.8. The lowest BCUT2D eigenvalue weighted by atomic mass is 9.99. The Balaban J connectivity index is 1.59. The highest BCUT2D eigenvalue weighted by molar-refractivity contribution is 8.00. The van der Waals surface area contributed by atoms with Gasteiger partial charge in [-0.1, -0.05) is 25.1 Å². The maximum Gasteiger partial charge on any atom is 0.235 e. The molecule has 8 heteroatoms. The standard InChI is InChI=1S/C24H34FN5OS/c1-17-11-15-29(16-12-17)23(31)19(3)32-24-27-26-22(18(2)28-13-5-4-6-14-28)30(24)21-9-7-20(25)8-10-21/h7-10,17-19H,4-6,11-16H2,1-3H3. The van der Waals surface area contributed by atoms with Gasteiger partial charge in [0.05, 0.1) is 11.3 Å². The first-order chi connectivity index (χ1) is 15.4. The van der Waals surface area contributed by atoms with Crippen LogP contribution in [0.1, 0.15) is 64.7 Å². The van der Waals surface area contributed by atoms with E-state index in [4.69, 9.17) is 0 Å². The van der Waals surface area contributed by atoms with Gasteiger partial charge in [-0.25, -0.2) is 4.39 Å². The zero-order valence-electron chi connectivity index (χ0n) is 19.3. The number of piperidine rings is 2. The van der Waals surface area contributed by atoms with Crippen LogP contribution in [0.5, 0.6) is 0 Å². The van der Waals surface area contributed by atoms with E-state index in [1.54, 1.807) is 12.1 Å². The molecule has 2 unspecified atom stereocenters. The highest BCUT2D eigenvalue weighted by Crippen LogP contribution is 2.32. The van der Waals surface area contributed by atoms with E-state index in [1.807, 2.05) is 16.4 Å². The van der Waals surface area contributed by atoms with Gasteiger partial charge in [-0.15, -0.1) is 10.2 Å². The Morgan fingerprint density at radius 2 is 1.69 bits per heavy atom. The monoisotopic (exact) mass is 459 g/mol. The molecular weight excluding hydrogens is 425 g/mol. The second kappa shape index (κ2) is 10.3. The molecule has 3 heterocycles. The summed E-state index contributed by atoms with van der Waals surface area (Å²) in [5, 5.41) is 9.47. The molecule has 0 N–H and O–H groups in total. The van der Waals surface area contributed by atoms with Gasteiger partial charge in [-0.3, -0.25) is 14.3 Å². The molecule has 2 aromatic rings. The topological polar surface area (TPSA) is 54.3 Å². The minimum atomic E-state index is -0.274. The summed E-state index contributed by atoms with van der Waals surface area (Å²) < 4.78 is 15.6. The molecule has 0 saturated carbocycles. The fraction of sp³-hybridized carbons (Fsp3) is 0.625. The van der Waals surface area contributed by atoms with Gasteiger partial charge in [-0.05, 0) is 82.8 Å². The molecule has 0 radical (unpaired) electrons. The normalized spacial score (nSPS) is 20.3. The van der Waals surface area contributed by atoms with Crippen LogP contribution in [0.3, 0.4) is 0 Å². The summed E-state index contributed by atoms with van der Waals surface area (Å²) in [5.74, 6) is 1.40. The summed E-state index contributed by atoms with van der Waals surface area (Å²) >= 11 is 1.44. The number of amides is 1. The van der Waals surface area contributed by atoms with Crippen LogP contribution in [0.25, 0.3) is 5.69 Å². The second-order valence-corrected chi connectivity index (χ2v) is 10.5. The van der Waals surface area contributed by atoms with Crippen molar-refractivity contribution < 1.29 is 9.18 Å². The molecule has 0 aliphatic carbocycles. The van der Waals surface area contributed by atoms with E-state index in [9.17, 15) is 9.18 Å². The largest absolute Gasteiger partial charge is 0.342 e. The Hall–Kier alpha value is -1.93. The molecule has 6 nitrogen and oxygen atoms in total. The van der Waals surface area contributed by atoms with Crippen LogP contribution < -0.4 is 0 Å². The third kappa shape index (κ3) is 5.17. The third-order valence-corrected chi connectivity index (χ3v) is 7.81. The number of rotatable bonds is 6. The molecule has 2 fully saturated rings. The molecule has 32 heavy (non-hydrogen) atoms. The van der Waals surface area contributed by atoms with E-state index in [2.05, 4.69) is 28.9 Å². The zero-order chi connectivity index (χ0) is 22.7. The molecule has 2 saturated heterocycles. The van der Waals surface area contributed by atoms with Crippen molar-refractivity contribution in [2.45, 2.75) is 69.3 Å². The quantitative estimate of drug-likeness (QED) is 0.587. The molecule has 0 spiro atoms. The summed E-state index contributed by atoms with van der Waals surface area (Å²) in [6, 6.07) is 6.53. The van der Waals surface area contributed by atoms with Crippen molar-refractivity contribution in [1.82, 2.24) is 24.6 Å². The number of hydrogen-bond acceptors (Lipinski definition) is 5. The van der Waals surface area contributed by atoms with Gasteiger partial charge in [0.25, 0.3) is 0 Å². The molecule has 174 valence electrons. The first kappa shape index (κ1) is 23.2. The Kier molecular flexibility index (Phi) is 7.51. The number of carbonyl (C=O) groups excluding carboxylic acids is 1. The van der Waals surface area contributed by atoms with Crippen LogP contribution in [0.2, 0.25) is 0 Å². The predicted octanol–water partition coefficient (Wildman–Crippen LogP) is 4.69. The van der Waals surface area contributed by atoms with Crippen molar-refractivity contribution in [3.8, 4) is 5.69 Å². The molecule has 4 rings (SSSR count). The summed E-state index contributed by atoms with van der Waals surface area (Å²) in [5.41, 5.74) is 0.823. The van der Waals surface area contributed by atoms with Gasteiger partial charge in [0.2, 0.25) is 5.91 Å². The van der Waals surface area contributed by atoms with Crippen LogP contribution in [-0.4, -0.2) is 61.9 Å². The van der Waals surface area contributed by atoms with Gasteiger partial charge in [0.1, 0.15) is 5.82 Å². The van der Waals surface area contributed by atoms with E-state index in [0.717, 1.165) is 50.5 Å². The van der Waals surface area contributed by atoms with Crippen molar-refractivity contribution in [2.24, 2.45) is 5.92 Å². The van der Waals surface area contributed by atoms with Gasteiger partial charge in [0, 0.05) is 18.8 Å². The average Bonchev–Trinajstić information content (AvgIpc) is 3.23. The van der Waals surface area contributed by atoms with Crippen molar-refractivity contribution >= 4 is 17.7 Å². The molecule has 1 amide bonds. The molecule has 2 atom stereocenters. The SMILES string of the molecule is CC1CCN(C(=O)C(C)Sc2nnc(C(C)N3CCCCC3)n2-c2ccc(F)cc2)CC1. The van der Waals surface area contributed by atoms with E-state index < -0.39 is 0 Å². The zero-order valence-corrected chi connectivity index (χ0v) is 20.2. The molecule has 1 aromatic carbocycles. The number of benzene rings is 1. The maximum absolute atomic E-state index is 13.6. The highest BCUT2D eigenvalue weighted by atomic mass is 32.2. The van der Waals surface area contributed by atoms with Gasteiger partial charge in [-0.2, -0.15) is 0 Å². The summed E-state index contributed by atoms with van der Waals surface area (Å²) in [7, 11) is 0. The highest BCUT2D eigenvalue weighted by Gasteiger charge is 2.29. The molecule has 2 aliphatic rings. The summed E-state index contributed by atoms with van der Waals surface area (Å²) in [6.07, 6.45) is 5.77. The van der Waals surface area contributed by atoms with Gasteiger partial charge in [0.15, 0.2) is 11.0 Å². The van der Waals surface area contributed by atoms with Crippen LogP contribution in [0.4, 0.5) is 4.39 Å². The number of halogens is 1. The van der Waals surface area contributed by atoms with Gasteiger partial charge >= 0.3 is 0 Å². The third-order valence-electron chi connectivity index (χ3n) is 6.78. The number of aromatic nitrogens is 3. The van der Waals surface area contributed by atoms with Crippen LogP contribution in [0.15, 0.2) is 29.4 Å². The summed E-state index contributed by atoms with van der Waals surface area (Å²) in [4.78, 5) is 17.5. The van der Waals surface area contributed by atoms with Crippen LogP contribution in [-0.2, 0) is 4.79 Å². The minimum absolute atomic E-state index is 0.0943. The van der Waals surface area contributed by atoms with Crippen LogP contribution in [0, 0.1) is 11.7 Å². The van der Waals surface area contributed by atoms with E-state index in [1.165, 1.54) is 43.2 Å². The number of hydrogen-bond donors (Lipinski definition) is 0. The number of likely N-dealkylation sites (tertiary alicyclic amines) is 2. The van der Waals surface area contributed by atoms with E-state index in [-0.39, 0.29) is 23.0 Å². The lowest BCUT2D eigenvalue weighted by molar-refractivity contribution is -0.131. The van der Waals surface area contributed by atoms with E-state index >= 15 is 0 Å². The van der Waals surface area contributed by atoms with Crippen molar-refractivity contribution in [3.05, 3.63) is 35.9 Å². The lowest BCUT2D eigenvalue weighted by Crippen LogP contribution is -2.41. The average molecular weight is 460 g/mol. The van der Waals surface area contributed by atoms with Crippen molar-refractivity contribution in [1.29, 1.82) is 0 Å². The number of thioether (sulfide) groups is 1. The molecule has 1 aromatic heterocycles. The van der Waals surface area contributed by atoms with Crippen molar-refractivity contribution in [3.63, 3.8) is 0 Å². The Morgan fingerprint density at radius 1 is 1.03 bits per heavy atom. The number of carbonyl (C=O) groups is 1. The molecule has 2 aliphatic heterocycles.